The molecule has 0 unspecified atom stereocenters. The lowest BCUT2D eigenvalue weighted by Gasteiger charge is -2.36. The van der Waals surface area contributed by atoms with Crippen molar-refractivity contribution in [2.75, 3.05) is 55.4 Å². The predicted molar refractivity (Wildman–Crippen MR) is 207 cm³/mol. The summed E-state index contributed by atoms with van der Waals surface area (Å²) < 4.78 is 40.9. The van der Waals surface area contributed by atoms with Crippen LogP contribution in [0.2, 0.25) is 0 Å². The van der Waals surface area contributed by atoms with Crippen molar-refractivity contribution in [3.63, 3.8) is 0 Å². The van der Waals surface area contributed by atoms with Gasteiger partial charge < -0.3 is 24.2 Å². The largest absolute Gasteiger partial charge is 0.456 e. The van der Waals surface area contributed by atoms with E-state index in [-0.39, 0.29) is 23.3 Å². The Kier molecular flexibility index (Phi) is 11.7. The number of piperidine rings is 1. The molecule has 6 rings (SSSR count). The maximum absolute atomic E-state index is 13.8. The van der Waals surface area contributed by atoms with Gasteiger partial charge in [-0.15, -0.1) is 0 Å². The molecule has 1 N–H and O–H groups in total. The van der Waals surface area contributed by atoms with Crippen LogP contribution in [0.5, 0.6) is 11.5 Å². The number of rotatable bonds is 11. The van der Waals surface area contributed by atoms with Gasteiger partial charge in [-0.05, 0) is 99.7 Å². The Morgan fingerprint density at radius 2 is 1.53 bits per heavy atom. The van der Waals surface area contributed by atoms with Gasteiger partial charge in [0.25, 0.3) is 5.91 Å². The molecule has 12 heteroatoms. The van der Waals surface area contributed by atoms with Crippen LogP contribution >= 0.6 is 0 Å². The van der Waals surface area contributed by atoms with Crippen LogP contribution in [0.3, 0.4) is 0 Å². The molecule has 53 heavy (non-hydrogen) atoms. The minimum absolute atomic E-state index is 0.107. The van der Waals surface area contributed by atoms with Crippen molar-refractivity contribution in [3.05, 3.63) is 114 Å². The highest BCUT2D eigenvalue weighted by Gasteiger charge is 2.27. The molecular formula is C41H49N5O6S. The monoisotopic (exact) mass is 739 g/mol. The third-order valence-corrected chi connectivity index (χ3v) is 10.8. The smallest absolute Gasteiger partial charge is 0.357 e. The number of sulfonamides is 1. The molecule has 0 radical (unpaired) electrons. The van der Waals surface area contributed by atoms with Crippen molar-refractivity contribution >= 4 is 33.3 Å². The van der Waals surface area contributed by atoms with Gasteiger partial charge in [0, 0.05) is 44.8 Å². The van der Waals surface area contributed by atoms with Crippen LogP contribution in [0, 0.1) is 0 Å². The van der Waals surface area contributed by atoms with Crippen LogP contribution in [-0.4, -0.2) is 86.5 Å². The van der Waals surface area contributed by atoms with Crippen LogP contribution < -0.4 is 14.4 Å². The van der Waals surface area contributed by atoms with E-state index in [0.29, 0.717) is 41.4 Å². The van der Waals surface area contributed by atoms with E-state index < -0.39 is 21.6 Å². The fourth-order valence-corrected chi connectivity index (χ4v) is 7.97. The van der Waals surface area contributed by atoms with Gasteiger partial charge in [0.2, 0.25) is 10.0 Å². The zero-order valence-corrected chi connectivity index (χ0v) is 31.8. The summed E-state index contributed by atoms with van der Waals surface area (Å²) in [6.45, 7) is 13.1. The number of nitrogens with zero attached hydrogens (tertiary/aromatic N) is 4. The van der Waals surface area contributed by atoms with Gasteiger partial charge in [-0.25, -0.2) is 18.2 Å². The number of benzene rings is 3. The first-order chi connectivity index (χ1) is 25.4. The Balaban J connectivity index is 1.08. The van der Waals surface area contributed by atoms with Crippen LogP contribution in [0.4, 0.5) is 11.4 Å². The molecule has 0 aliphatic carbocycles. The lowest BCUT2D eigenvalue weighted by molar-refractivity contribution is 0.00626. The molecule has 4 aromatic rings. The van der Waals surface area contributed by atoms with Gasteiger partial charge in [0.05, 0.1) is 23.3 Å². The number of nitrogens with one attached hydrogen (secondary N) is 1. The fourth-order valence-electron chi connectivity index (χ4n) is 6.76. The number of amides is 1. The summed E-state index contributed by atoms with van der Waals surface area (Å²) in [6, 6.07) is 25.7. The highest BCUT2D eigenvalue weighted by Crippen LogP contribution is 2.33. The zero-order chi connectivity index (χ0) is 37.6. The quantitative estimate of drug-likeness (QED) is 0.163. The summed E-state index contributed by atoms with van der Waals surface area (Å²) >= 11 is 0. The van der Waals surface area contributed by atoms with Gasteiger partial charge in [-0.2, -0.15) is 0 Å². The van der Waals surface area contributed by atoms with Gasteiger partial charge in [0.1, 0.15) is 22.8 Å². The van der Waals surface area contributed by atoms with E-state index in [1.807, 2.05) is 80.3 Å². The number of hydrogen-bond donors (Lipinski definition) is 1. The van der Waals surface area contributed by atoms with Crippen LogP contribution in [0.25, 0.3) is 0 Å². The van der Waals surface area contributed by atoms with Gasteiger partial charge in [-0.3, -0.25) is 9.52 Å². The molecule has 0 atom stereocenters. The number of aromatic nitrogens is 1. The summed E-state index contributed by atoms with van der Waals surface area (Å²) in [5.74, 6) is 0.699. The second-order valence-electron chi connectivity index (χ2n) is 14.6. The molecule has 2 fully saturated rings. The van der Waals surface area contributed by atoms with Gasteiger partial charge >= 0.3 is 5.97 Å². The molecule has 2 saturated heterocycles. The highest BCUT2D eigenvalue weighted by atomic mass is 32.2. The number of esters is 1. The topological polar surface area (TPSA) is 121 Å². The minimum Gasteiger partial charge on any atom is -0.456 e. The van der Waals surface area contributed by atoms with E-state index in [9.17, 15) is 18.0 Å². The second kappa shape index (κ2) is 16.4. The number of likely N-dealkylation sites (tertiary alicyclic amines) is 1. The maximum atomic E-state index is 13.8. The number of ether oxygens (including phenoxy) is 2. The molecule has 280 valence electrons. The summed E-state index contributed by atoms with van der Waals surface area (Å²) in [5.41, 5.74) is 3.17. The Bertz CT molecular complexity index is 1970. The first kappa shape index (κ1) is 37.8. The predicted octanol–water partition coefficient (Wildman–Crippen LogP) is 6.93. The number of anilines is 2. The first-order valence-corrected chi connectivity index (χ1v) is 19.9. The molecule has 1 aromatic heterocycles. The van der Waals surface area contributed by atoms with E-state index in [1.165, 1.54) is 11.8 Å². The second-order valence-corrected chi connectivity index (χ2v) is 16.3. The molecule has 0 saturated carbocycles. The average Bonchev–Trinajstić information content (AvgIpc) is 3.14. The standard InChI is InChI=1S/C41H49N5O6S/c1-5-44-23-25-45(26-24-44)38-18-13-33(27-37(38)43-53(49,50)29-30-9-7-6-8-10-30)39(47)46-21-19-32(20-22-46)31-11-14-34(15-12-31)51-35-16-17-36(42-28-35)40(48)52-41(2,3)4/h6-18,27-28,32,43H,5,19-26,29H2,1-4H3. The molecule has 0 bridgehead atoms. The third-order valence-electron chi connectivity index (χ3n) is 9.58. The molecule has 1 amide bonds. The summed E-state index contributed by atoms with van der Waals surface area (Å²) in [7, 11) is -3.74. The molecule has 3 aromatic carbocycles. The average molecular weight is 740 g/mol. The third kappa shape index (κ3) is 10.1. The molecule has 11 nitrogen and oxygen atoms in total. The number of pyridine rings is 1. The Morgan fingerprint density at radius 1 is 0.849 bits per heavy atom. The van der Waals surface area contributed by atoms with E-state index in [2.05, 4.69) is 26.4 Å². The molecule has 2 aliphatic rings. The number of likely N-dealkylation sites (N-methyl/N-ethyl adjacent to an activating group) is 1. The summed E-state index contributed by atoms with van der Waals surface area (Å²) in [6.07, 6.45) is 3.11. The molecule has 2 aliphatic heterocycles. The van der Waals surface area contributed by atoms with Gasteiger partial charge in [0.15, 0.2) is 0 Å². The van der Waals surface area contributed by atoms with Crippen LogP contribution in [-0.2, 0) is 20.5 Å². The number of carbonyl (C=O) groups is 2. The van der Waals surface area contributed by atoms with Crippen LogP contribution in [0.15, 0.2) is 91.1 Å². The van der Waals surface area contributed by atoms with Crippen molar-refractivity contribution in [1.82, 2.24) is 14.8 Å². The van der Waals surface area contributed by atoms with Crippen molar-refractivity contribution in [2.24, 2.45) is 0 Å². The molecular weight excluding hydrogens is 691 g/mol. The SMILES string of the molecule is CCN1CCN(c2ccc(C(=O)N3CCC(c4ccc(Oc5ccc(C(=O)OC(C)(C)C)nc5)cc4)CC3)cc2NS(=O)(=O)Cc2ccccc2)CC1. The Hall–Kier alpha value is -4.94. The van der Waals surface area contributed by atoms with Crippen molar-refractivity contribution < 1.29 is 27.5 Å². The van der Waals surface area contributed by atoms with E-state index >= 15 is 0 Å². The van der Waals surface area contributed by atoms with E-state index in [1.54, 1.807) is 30.3 Å². The number of piperazine rings is 1. The first-order valence-electron chi connectivity index (χ1n) is 18.3. The van der Waals surface area contributed by atoms with Crippen molar-refractivity contribution in [2.45, 2.75) is 57.8 Å². The fraction of sp³-hybridized carbons (Fsp3) is 0.390. The minimum atomic E-state index is -3.74. The van der Waals surface area contributed by atoms with Gasteiger partial charge in [-0.1, -0.05) is 49.4 Å². The van der Waals surface area contributed by atoms with E-state index in [0.717, 1.165) is 51.3 Å². The van der Waals surface area contributed by atoms with E-state index in [4.69, 9.17) is 9.47 Å². The Morgan fingerprint density at radius 3 is 2.15 bits per heavy atom. The van der Waals surface area contributed by atoms with Crippen molar-refractivity contribution in [1.29, 1.82) is 0 Å². The zero-order valence-electron chi connectivity index (χ0n) is 31.0. The Labute approximate surface area is 313 Å². The van der Waals surface area contributed by atoms with Crippen LogP contribution in [0.1, 0.15) is 78.4 Å². The lowest BCUT2D eigenvalue weighted by Crippen LogP contribution is -2.46. The number of carbonyl (C=O) groups excluding carboxylic acids is 2. The summed E-state index contributed by atoms with van der Waals surface area (Å²) in [5, 5.41) is 0. The molecule has 3 heterocycles. The number of hydrogen-bond acceptors (Lipinski definition) is 9. The lowest BCUT2D eigenvalue weighted by atomic mass is 9.89. The normalized spacial score (nSPS) is 15.9. The maximum Gasteiger partial charge on any atom is 0.357 e. The molecule has 0 spiro atoms. The summed E-state index contributed by atoms with van der Waals surface area (Å²) in [4.78, 5) is 36.7. The highest BCUT2D eigenvalue weighted by molar-refractivity contribution is 7.91. The van der Waals surface area contributed by atoms with Crippen molar-refractivity contribution in [3.8, 4) is 11.5 Å².